The predicted molar refractivity (Wildman–Crippen MR) is 72.1 cm³/mol. The highest BCUT2D eigenvalue weighted by Crippen LogP contribution is 2.30. The normalized spacial score (nSPS) is 11.3. The van der Waals surface area contributed by atoms with Crippen LogP contribution in [0.25, 0.3) is 0 Å². The summed E-state index contributed by atoms with van der Waals surface area (Å²) in [4.78, 5) is 11.3. The van der Waals surface area contributed by atoms with Crippen molar-refractivity contribution in [3.63, 3.8) is 0 Å². The van der Waals surface area contributed by atoms with Crippen LogP contribution < -0.4 is 5.32 Å². The predicted octanol–water partition coefficient (Wildman–Crippen LogP) is 2.50. The third-order valence-electron chi connectivity index (χ3n) is 2.98. The average molecular weight is 251 g/mol. The maximum absolute atomic E-state index is 11.3. The fraction of sp³-hybridized carbons (Fsp3) is 0.500. The van der Waals surface area contributed by atoms with E-state index in [1.165, 1.54) is 0 Å². The van der Waals surface area contributed by atoms with Gasteiger partial charge in [0, 0.05) is 25.9 Å². The summed E-state index contributed by atoms with van der Waals surface area (Å²) in [6, 6.07) is 7.53. The number of aliphatic carboxylic acids is 1. The highest BCUT2D eigenvalue weighted by atomic mass is 16.5. The Morgan fingerprint density at radius 2 is 2.06 bits per heavy atom. The molecule has 0 saturated heterocycles. The number of carboxylic acids is 1. The molecule has 0 radical (unpaired) electrons. The minimum Gasteiger partial charge on any atom is -0.481 e. The van der Waals surface area contributed by atoms with E-state index in [0.717, 1.165) is 24.2 Å². The van der Waals surface area contributed by atoms with Crippen LogP contribution in [-0.4, -0.2) is 31.3 Å². The van der Waals surface area contributed by atoms with Crippen LogP contribution in [0.2, 0.25) is 0 Å². The Hall–Kier alpha value is -1.55. The number of hydrogen-bond acceptors (Lipinski definition) is 3. The first-order valence-corrected chi connectivity index (χ1v) is 6.06. The lowest BCUT2D eigenvalue weighted by atomic mass is 9.83. The van der Waals surface area contributed by atoms with E-state index >= 15 is 0 Å². The molecule has 0 aliphatic rings. The summed E-state index contributed by atoms with van der Waals surface area (Å²) in [6.45, 7) is 4.88. The number of carboxylic acid groups (broad SMARTS) is 1. The van der Waals surface area contributed by atoms with Crippen molar-refractivity contribution in [3.05, 3.63) is 29.8 Å². The second-order valence-electron chi connectivity index (χ2n) is 4.75. The molecule has 18 heavy (non-hydrogen) atoms. The summed E-state index contributed by atoms with van der Waals surface area (Å²) in [6.07, 6.45) is 0.887. The number of methoxy groups -OCH3 is 1. The fourth-order valence-electron chi connectivity index (χ4n) is 1.74. The Kier molecular flexibility index (Phi) is 5.16. The molecule has 0 aromatic heterocycles. The largest absolute Gasteiger partial charge is 0.481 e. The zero-order valence-electron chi connectivity index (χ0n) is 11.2. The maximum atomic E-state index is 11.3. The van der Waals surface area contributed by atoms with E-state index in [1.807, 2.05) is 24.3 Å². The number of anilines is 1. The van der Waals surface area contributed by atoms with Gasteiger partial charge in [-0.05, 0) is 31.9 Å². The van der Waals surface area contributed by atoms with Crippen LogP contribution in [0.5, 0.6) is 0 Å². The average Bonchev–Trinajstić information content (AvgIpc) is 2.35. The van der Waals surface area contributed by atoms with E-state index in [4.69, 9.17) is 4.74 Å². The van der Waals surface area contributed by atoms with Gasteiger partial charge in [0.15, 0.2) is 0 Å². The van der Waals surface area contributed by atoms with Crippen LogP contribution in [-0.2, 0) is 14.9 Å². The molecule has 0 amide bonds. The molecule has 0 aliphatic heterocycles. The monoisotopic (exact) mass is 251 g/mol. The number of ether oxygens (including phenoxy) is 1. The van der Waals surface area contributed by atoms with E-state index in [-0.39, 0.29) is 0 Å². The van der Waals surface area contributed by atoms with Crippen LogP contribution in [0.15, 0.2) is 24.3 Å². The van der Waals surface area contributed by atoms with Crippen LogP contribution in [0.1, 0.15) is 25.8 Å². The van der Waals surface area contributed by atoms with Crippen LogP contribution in [0.3, 0.4) is 0 Å². The van der Waals surface area contributed by atoms with Crippen molar-refractivity contribution in [2.75, 3.05) is 25.6 Å². The summed E-state index contributed by atoms with van der Waals surface area (Å²) in [5.74, 6) is -0.825. The van der Waals surface area contributed by atoms with Crippen molar-refractivity contribution in [2.45, 2.75) is 25.7 Å². The molecule has 2 N–H and O–H groups in total. The minimum atomic E-state index is -0.898. The molecule has 0 unspecified atom stereocenters. The Balaban J connectivity index is 2.83. The first-order chi connectivity index (χ1) is 8.50. The number of benzene rings is 1. The summed E-state index contributed by atoms with van der Waals surface area (Å²) in [5, 5.41) is 12.5. The number of nitrogens with one attached hydrogen (secondary N) is 1. The second-order valence-corrected chi connectivity index (χ2v) is 4.75. The topological polar surface area (TPSA) is 58.6 Å². The zero-order chi connectivity index (χ0) is 13.6. The number of hydrogen-bond donors (Lipinski definition) is 2. The van der Waals surface area contributed by atoms with Crippen LogP contribution >= 0.6 is 0 Å². The number of rotatable bonds is 7. The van der Waals surface area contributed by atoms with Gasteiger partial charge < -0.3 is 15.2 Å². The van der Waals surface area contributed by atoms with Gasteiger partial charge >= 0.3 is 5.97 Å². The van der Waals surface area contributed by atoms with Crippen LogP contribution in [0.4, 0.5) is 5.69 Å². The lowest BCUT2D eigenvalue weighted by Crippen LogP contribution is -2.29. The fourth-order valence-corrected chi connectivity index (χ4v) is 1.74. The molecule has 4 heteroatoms. The highest BCUT2D eigenvalue weighted by Gasteiger charge is 2.31. The van der Waals surface area contributed by atoms with E-state index in [9.17, 15) is 9.90 Å². The van der Waals surface area contributed by atoms with Crippen molar-refractivity contribution < 1.29 is 14.6 Å². The molecule has 1 aromatic carbocycles. The number of carbonyl (C=O) groups is 1. The van der Waals surface area contributed by atoms with Gasteiger partial charge in [-0.1, -0.05) is 18.2 Å². The third-order valence-corrected chi connectivity index (χ3v) is 2.98. The summed E-state index contributed by atoms with van der Waals surface area (Å²) in [7, 11) is 1.67. The smallest absolute Gasteiger partial charge is 0.313 e. The quantitative estimate of drug-likeness (QED) is 0.731. The molecule has 0 aliphatic carbocycles. The van der Waals surface area contributed by atoms with E-state index < -0.39 is 11.4 Å². The standard InChI is InChI=1S/C14H21NO3/c1-14(2,13(16)17)11-7-4-5-8-12(11)15-9-6-10-18-3/h4-5,7-8,15H,6,9-10H2,1-3H3,(H,16,17). The molecular weight excluding hydrogens is 230 g/mol. The molecule has 4 nitrogen and oxygen atoms in total. The minimum absolute atomic E-state index is 0.692. The van der Waals surface area contributed by atoms with Gasteiger partial charge in [0.05, 0.1) is 5.41 Å². The first-order valence-electron chi connectivity index (χ1n) is 6.06. The Labute approximate surface area is 108 Å². The van der Waals surface area contributed by atoms with E-state index in [2.05, 4.69) is 5.32 Å². The lowest BCUT2D eigenvalue weighted by molar-refractivity contribution is -0.142. The van der Waals surface area contributed by atoms with Gasteiger partial charge in [0.25, 0.3) is 0 Å². The molecule has 1 rings (SSSR count). The van der Waals surface area contributed by atoms with E-state index in [1.54, 1.807) is 21.0 Å². The molecule has 100 valence electrons. The molecule has 0 saturated carbocycles. The van der Waals surface area contributed by atoms with Gasteiger partial charge in [-0.2, -0.15) is 0 Å². The number of para-hydroxylation sites is 1. The van der Waals surface area contributed by atoms with Crippen molar-refractivity contribution in [2.24, 2.45) is 0 Å². The van der Waals surface area contributed by atoms with Gasteiger partial charge in [0.1, 0.15) is 0 Å². The van der Waals surface area contributed by atoms with Crippen molar-refractivity contribution in [3.8, 4) is 0 Å². The van der Waals surface area contributed by atoms with Gasteiger partial charge in [-0.15, -0.1) is 0 Å². The Bertz CT molecular complexity index is 402. The molecule has 0 fully saturated rings. The second kappa shape index (κ2) is 6.40. The summed E-state index contributed by atoms with van der Waals surface area (Å²) >= 11 is 0. The molecule has 0 atom stereocenters. The Morgan fingerprint density at radius 1 is 1.39 bits per heavy atom. The highest BCUT2D eigenvalue weighted by molar-refractivity contribution is 5.83. The van der Waals surface area contributed by atoms with Gasteiger partial charge in [-0.25, -0.2) is 0 Å². The van der Waals surface area contributed by atoms with Gasteiger partial charge in [-0.3, -0.25) is 4.79 Å². The third kappa shape index (κ3) is 3.47. The van der Waals surface area contributed by atoms with Crippen LogP contribution in [0, 0.1) is 0 Å². The first kappa shape index (κ1) is 14.5. The lowest BCUT2D eigenvalue weighted by Gasteiger charge is -2.23. The van der Waals surface area contributed by atoms with Gasteiger partial charge in [0.2, 0.25) is 0 Å². The van der Waals surface area contributed by atoms with Crippen molar-refractivity contribution in [1.82, 2.24) is 0 Å². The van der Waals surface area contributed by atoms with Crippen molar-refractivity contribution >= 4 is 11.7 Å². The molecule has 1 aromatic rings. The van der Waals surface area contributed by atoms with E-state index in [0.29, 0.717) is 6.61 Å². The SMILES string of the molecule is COCCCNc1ccccc1C(C)(C)C(=O)O. The Morgan fingerprint density at radius 3 is 2.67 bits per heavy atom. The molecule has 0 heterocycles. The maximum Gasteiger partial charge on any atom is 0.313 e. The summed E-state index contributed by atoms with van der Waals surface area (Å²) < 4.78 is 4.98. The molecular formula is C14H21NO3. The zero-order valence-corrected chi connectivity index (χ0v) is 11.2. The molecule has 0 spiro atoms. The van der Waals surface area contributed by atoms with Crippen molar-refractivity contribution in [1.29, 1.82) is 0 Å². The molecule has 0 bridgehead atoms. The summed E-state index contributed by atoms with van der Waals surface area (Å²) in [5.41, 5.74) is 0.779.